The summed E-state index contributed by atoms with van der Waals surface area (Å²) in [6.45, 7) is 4.15. The van der Waals surface area contributed by atoms with Crippen molar-refractivity contribution >= 4 is 11.6 Å². The Morgan fingerprint density at radius 1 is 1.18 bits per heavy atom. The summed E-state index contributed by atoms with van der Waals surface area (Å²) in [6, 6.07) is 11.2. The number of benzene rings is 2. The van der Waals surface area contributed by atoms with Crippen LogP contribution in [-0.4, -0.2) is 10.8 Å². The van der Waals surface area contributed by atoms with Gasteiger partial charge in [0.25, 0.3) is 0 Å². The predicted molar refractivity (Wildman–Crippen MR) is 82.2 cm³/mol. The second-order valence-corrected chi connectivity index (χ2v) is 5.13. The van der Waals surface area contributed by atoms with Gasteiger partial charge in [-0.3, -0.25) is 14.9 Å². The lowest BCUT2D eigenvalue weighted by atomic mass is 10.0. The fourth-order valence-corrected chi connectivity index (χ4v) is 1.95. The minimum absolute atomic E-state index is 0.0623. The number of hydrogen-bond acceptors (Lipinski definition) is 4. The number of nitro groups is 1. The predicted octanol–water partition coefficient (Wildman–Crippen LogP) is 3.61. The first-order valence-corrected chi connectivity index (χ1v) is 6.74. The Bertz CT molecular complexity index is 709. The van der Waals surface area contributed by atoms with Crippen LogP contribution < -0.4 is 10.5 Å². The molecule has 0 aliphatic rings. The molecule has 2 N–H and O–H groups in total. The van der Waals surface area contributed by atoms with Crippen molar-refractivity contribution in [2.24, 2.45) is 5.73 Å². The smallest absolute Gasteiger partial charge is 0.312 e. The molecule has 0 heterocycles. The Kier molecular flexibility index (Phi) is 4.41. The number of carbonyl (C=O) groups is 1. The van der Waals surface area contributed by atoms with Gasteiger partial charge < -0.3 is 10.5 Å². The number of nitrogens with zero attached hydrogens (tertiary/aromatic N) is 1. The molecule has 2 aromatic carbocycles. The fourth-order valence-electron chi connectivity index (χ4n) is 1.95. The van der Waals surface area contributed by atoms with Crippen LogP contribution in [0.2, 0.25) is 0 Å². The summed E-state index contributed by atoms with van der Waals surface area (Å²) in [5.74, 6) is 0.209. The average Bonchev–Trinajstić information content (AvgIpc) is 2.47. The molecular formula is C16H16N2O4. The Hall–Kier alpha value is -2.89. The highest BCUT2D eigenvalue weighted by atomic mass is 16.6. The van der Waals surface area contributed by atoms with Gasteiger partial charge in [0, 0.05) is 11.6 Å². The average molecular weight is 300 g/mol. The van der Waals surface area contributed by atoms with Crippen molar-refractivity contribution in [3.8, 4) is 11.5 Å². The van der Waals surface area contributed by atoms with E-state index < -0.39 is 10.8 Å². The topological polar surface area (TPSA) is 95.5 Å². The van der Waals surface area contributed by atoms with Gasteiger partial charge in [-0.25, -0.2) is 0 Å². The summed E-state index contributed by atoms with van der Waals surface area (Å²) >= 11 is 0. The standard InChI is InChI=1S/C16H16N2O4/c1-10(2)11-3-6-13(7-4-11)22-15-8-5-12(16(17)19)9-14(15)18(20)21/h3-10H,1-2H3,(H2,17,19). The summed E-state index contributed by atoms with van der Waals surface area (Å²) in [5, 5.41) is 11.1. The van der Waals surface area contributed by atoms with E-state index in [1.165, 1.54) is 12.1 Å². The zero-order chi connectivity index (χ0) is 16.3. The number of nitro benzene ring substituents is 1. The Balaban J connectivity index is 2.32. The van der Waals surface area contributed by atoms with Crippen molar-refractivity contribution in [3.05, 3.63) is 63.7 Å². The third kappa shape index (κ3) is 3.41. The molecule has 2 rings (SSSR count). The zero-order valence-electron chi connectivity index (χ0n) is 12.3. The van der Waals surface area contributed by atoms with E-state index >= 15 is 0 Å². The number of primary amides is 1. The number of nitrogens with two attached hydrogens (primary N) is 1. The maximum atomic E-state index is 11.1. The Morgan fingerprint density at radius 2 is 1.82 bits per heavy atom. The van der Waals surface area contributed by atoms with E-state index in [0.717, 1.165) is 11.6 Å². The third-order valence-corrected chi connectivity index (χ3v) is 3.21. The van der Waals surface area contributed by atoms with Gasteiger partial charge in [-0.05, 0) is 35.7 Å². The van der Waals surface area contributed by atoms with Crippen molar-refractivity contribution in [1.29, 1.82) is 0 Å². The number of hydrogen-bond donors (Lipinski definition) is 1. The number of carbonyl (C=O) groups excluding carboxylic acids is 1. The first-order valence-electron chi connectivity index (χ1n) is 6.74. The highest BCUT2D eigenvalue weighted by Gasteiger charge is 2.18. The summed E-state index contributed by atoms with van der Waals surface area (Å²) in [7, 11) is 0. The summed E-state index contributed by atoms with van der Waals surface area (Å²) in [6.07, 6.45) is 0. The lowest BCUT2D eigenvalue weighted by Gasteiger charge is -2.09. The van der Waals surface area contributed by atoms with Gasteiger partial charge in [0.05, 0.1) is 4.92 Å². The van der Waals surface area contributed by atoms with Gasteiger partial charge in [-0.2, -0.15) is 0 Å². The zero-order valence-corrected chi connectivity index (χ0v) is 12.3. The summed E-state index contributed by atoms with van der Waals surface area (Å²) < 4.78 is 5.55. The number of ether oxygens (including phenoxy) is 1. The van der Waals surface area contributed by atoms with Gasteiger partial charge in [0.1, 0.15) is 5.75 Å². The fraction of sp³-hybridized carbons (Fsp3) is 0.188. The van der Waals surface area contributed by atoms with E-state index in [9.17, 15) is 14.9 Å². The molecule has 0 radical (unpaired) electrons. The van der Waals surface area contributed by atoms with Gasteiger partial charge >= 0.3 is 5.69 Å². The van der Waals surface area contributed by atoms with Crippen molar-refractivity contribution in [1.82, 2.24) is 0 Å². The molecule has 0 aliphatic carbocycles. The lowest BCUT2D eigenvalue weighted by Crippen LogP contribution is -2.11. The first-order chi connectivity index (χ1) is 10.4. The SMILES string of the molecule is CC(C)c1ccc(Oc2ccc(C(N)=O)cc2[N+](=O)[O-])cc1. The molecule has 114 valence electrons. The second-order valence-electron chi connectivity index (χ2n) is 5.13. The quantitative estimate of drug-likeness (QED) is 0.674. The van der Waals surface area contributed by atoms with Crippen LogP contribution >= 0.6 is 0 Å². The molecule has 0 saturated carbocycles. The monoisotopic (exact) mass is 300 g/mol. The van der Waals surface area contributed by atoms with Gasteiger partial charge in [0.2, 0.25) is 11.7 Å². The Labute approximate surface area is 127 Å². The van der Waals surface area contributed by atoms with E-state index in [-0.39, 0.29) is 17.0 Å². The maximum absolute atomic E-state index is 11.1. The van der Waals surface area contributed by atoms with Crippen molar-refractivity contribution < 1.29 is 14.5 Å². The van der Waals surface area contributed by atoms with Gasteiger partial charge in [0.15, 0.2) is 0 Å². The van der Waals surface area contributed by atoms with Crippen LogP contribution in [-0.2, 0) is 0 Å². The summed E-state index contributed by atoms with van der Waals surface area (Å²) in [5.41, 5.74) is 6.03. The molecule has 0 aromatic heterocycles. The van der Waals surface area contributed by atoms with Crippen molar-refractivity contribution in [2.45, 2.75) is 19.8 Å². The summed E-state index contributed by atoms with van der Waals surface area (Å²) in [4.78, 5) is 21.6. The lowest BCUT2D eigenvalue weighted by molar-refractivity contribution is -0.385. The molecule has 6 heteroatoms. The highest BCUT2D eigenvalue weighted by Crippen LogP contribution is 2.32. The molecule has 1 amide bonds. The van der Waals surface area contributed by atoms with Crippen LogP contribution in [0.15, 0.2) is 42.5 Å². The van der Waals surface area contributed by atoms with Crippen LogP contribution in [0.4, 0.5) is 5.69 Å². The van der Waals surface area contributed by atoms with Crippen LogP contribution in [0.3, 0.4) is 0 Å². The molecule has 0 spiro atoms. The largest absolute Gasteiger partial charge is 0.450 e. The second kappa shape index (κ2) is 6.26. The maximum Gasteiger partial charge on any atom is 0.312 e. The van der Waals surface area contributed by atoms with Crippen molar-refractivity contribution in [2.75, 3.05) is 0 Å². The van der Waals surface area contributed by atoms with Crippen LogP contribution in [0.25, 0.3) is 0 Å². The molecule has 2 aromatic rings. The molecule has 0 fully saturated rings. The minimum atomic E-state index is -0.726. The molecule has 0 atom stereocenters. The molecular weight excluding hydrogens is 284 g/mol. The molecule has 0 bridgehead atoms. The van der Waals surface area contributed by atoms with Crippen molar-refractivity contribution in [3.63, 3.8) is 0 Å². The first kappa shape index (κ1) is 15.5. The van der Waals surface area contributed by atoms with Gasteiger partial charge in [-0.15, -0.1) is 0 Å². The molecule has 0 saturated heterocycles. The Morgan fingerprint density at radius 3 is 2.32 bits per heavy atom. The van der Waals surface area contributed by atoms with E-state index in [4.69, 9.17) is 10.5 Å². The normalized spacial score (nSPS) is 10.5. The van der Waals surface area contributed by atoms with E-state index in [2.05, 4.69) is 13.8 Å². The highest BCUT2D eigenvalue weighted by molar-refractivity contribution is 5.93. The van der Waals surface area contributed by atoms with Crippen LogP contribution in [0.1, 0.15) is 35.7 Å². The van der Waals surface area contributed by atoms with E-state index in [1.54, 1.807) is 12.1 Å². The molecule has 0 unspecified atom stereocenters. The van der Waals surface area contributed by atoms with Crippen LogP contribution in [0, 0.1) is 10.1 Å². The van der Waals surface area contributed by atoms with Gasteiger partial charge in [-0.1, -0.05) is 26.0 Å². The van der Waals surface area contributed by atoms with E-state index in [1.807, 2.05) is 12.1 Å². The minimum Gasteiger partial charge on any atom is -0.450 e. The number of amides is 1. The molecule has 6 nitrogen and oxygen atoms in total. The molecule has 22 heavy (non-hydrogen) atoms. The van der Waals surface area contributed by atoms with Crippen LogP contribution in [0.5, 0.6) is 11.5 Å². The van der Waals surface area contributed by atoms with E-state index in [0.29, 0.717) is 11.7 Å². The number of rotatable bonds is 5. The third-order valence-electron chi connectivity index (χ3n) is 3.21. The molecule has 0 aliphatic heterocycles.